The van der Waals surface area contributed by atoms with Gasteiger partial charge in [-0.1, -0.05) is 12.1 Å². The van der Waals surface area contributed by atoms with Crippen molar-refractivity contribution < 1.29 is 42.9 Å². The van der Waals surface area contributed by atoms with Gasteiger partial charge >= 0.3 is 18.0 Å². The van der Waals surface area contributed by atoms with Gasteiger partial charge in [0.15, 0.2) is 0 Å². The minimum absolute atomic E-state index is 0.00437. The first-order valence-corrected chi connectivity index (χ1v) is 15.1. The van der Waals surface area contributed by atoms with Gasteiger partial charge in [-0.05, 0) is 58.6 Å². The highest BCUT2D eigenvalue weighted by atomic mass is 16.6. The Balaban J connectivity index is 1.56. The van der Waals surface area contributed by atoms with E-state index >= 15 is 0 Å². The first-order chi connectivity index (χ1) is 21.2. The summed E-state index contributed by atoms with van der Waals surface area (Å²) in [4.78, 5) is 71.9. The van der Waals surface area contributed by atoms with Gasteiger partial charge in [-0.3, -0.25) is 14.4 Å². The molecule has 1 aromatic carbocycles. The van der Waals surface area contributed by atoms with Gasteiger partial charge in [0.05, 0.1) is 25.3 Å². The number of nitrogens with zero attached hydrogens (tertiary/aromatic N) is 3. The summed E-state index contributed by atoms with van der Waals surface area (Å²) in [5.41, 5.74) is -0.686. The molecule has 1 aromatic heterocycles. The highest BCUT2D eigenvalue weighted by Gasteiger charge is 2.48. The molecule has 2 heterocycles. The summed E-state index contributed by atoms with van der Waals surface area (Å²) in [6, 6.07) is 7.49. The van der Waals surface area contributed by atoms with Gasteiger partial charge in [-0.15, -0.1) is 0 Å². The van der Waals surface area contributed by atoms with E-state index in [1.807, 2.05) is 0 Å². The number of hydrogen-bond acceptors (Lipinski definition) is 10. The lowest BCUT2D eigenvalue weighted by Crippen LogP contribution is -2.56. The first kappa shape index (κ1) is 32.5. The van der Waals surface area contributed by atoms with Crippen molar-refractivity contribution in [2.45, 2.75) is 64.5 Å². The van der Waals surface area contributed by atoms with Crippen molar-refractivity contribution in [3.8, 4) is 5.75 Å². The maximum Gasteiger partial charge on any atom is 0.409 e. The van der Waals surface area contributed by atoms with Gasteiger partial charge in [0.1, 0.15) is 17.5 Å². The number of fused-ring (bicyclic) bond motifs is 1. The molecule has 0 radical (unpaired) electrons. The van der Waals surface area contributed by atoms with Crippen LogP contribution in [0.2, 0.25) is 0 Å². The van der Waals surface area contributed by atoms with E-state index in [0.29, 0.717) is 29.5 Å². The second-order valence-corrected chi connectivity index (χ2v) is 10.6. The molecule has 1 aliphatic heterocycles. The molecule has 4 rings (SSSR count). The van der Waals surface area contributed by atoms with E-state index in [1.54, 1.807) is 49.9 Å². The normalized spacial score (nSPS) is 16.3. The average molecular weight is 613 g/mol. The van der Waals surface area contributed by atoms with Crippen LogP contribution >= 0.6 is 0 Å². The molecule has 2 fully saturated rings. The molecule has 238 valence electrons. The third-order valence-corrected chi connectivity index (χ3v) is 7.69. The number of para-hydroxylation sites is 1. The number of rotatable bonds is 12. The van der Waals surface area contributed by atoms with Gasteiger partial charge < -0.3 is 34.1 Å². The van der Waals surface area contributed by atoms with Gasteiger partial charge in [-0.25, -0.2) is 14.6 Å². The van der Waals surface area contributed by atoms with E-state index in [9.17, 15) is 24.0 Å². The Hall–Kier alpha value is -4.42. The highest BCUT2D eigenvalue weighted by molar-refractivity contribution is 5.99. The van der Waals surface area contributed by atoms with Crippen molar-refractivity contribution in [1.29, 1.82) is 0 Å². The van der Waals surface area contributed by atoms with Crippen LogP contribution in [0.4, 0.5) is 4.79 Å². The standard InChI is InChI=1S/C31H40N4O9/c1-4-41-26(36)13-12-23(28(38)34-16-18-35(19-17-34)30(40)43-6-3)33-27(37)24-20-25(21-10-7-8-11-22(21)32-24)44-31(14-9-15-31)29(39)42-5-2/h7-8,10-11,20,23H,4-6,9,12-19H2,1-3H3,(H,33,37). The van der Waals surface area contributed by atoms with Crippen molar-refractivity contribution in [2.75, 3.05) is 46.0 Å². The molecular formula is C31H40N4O9. The van der Waals surface area contributed by atoms with Crippen LogP contribution in [-0.4, -0.2) is 102 Å². The van der Waals surface area contributed by atoms with Gasteiger partial charge in [0.25, 0.3) is 5.91 Å². The number of piperazine rings is 1. The Bertz CT molecular complexity index is 1370. The number of pyridine rings is 1. The van der Waals surface area contributed by atoms with E-state index in [-0.39, 0.29) is 70.4 Å². The summed E-state index contributed by atoms with van der Waals surface area (Å²) >= 11 is 0. The Morgan fingerprint density at radius 1 is 0.909 bits per heavy atom. The quantitative estimate of drug-likeness (QED) is 0.280. The number of amides is 3. The molecule has 3 amide bonds. The highest BCUT2D eigenvalue weighted by Crippen LogP contribution is 2.40. The molecular weight excluding hydrogens is 572 g/mol. The van der Waals surface area contributed by atoms with Gasteiger partial charge in [-0.2, -0.15) is 0 Å². The molecule has 1 atom stereocenters. The van der Waals surface area contributed by atoms with E-state index in [0.717, 1.165) is 6.42 Å². The molecule has 0 bridgehead atoms. The molecule has 44 heavy (non-hydrogen) atoms. The average Bonchev–Trinajstić information content (AvgIpc) is 3.00. The fourth-order valence-corrected chi connectivity index (χ4v) is 5.19. The number of benzene rings is 1. The third-order valence-electron chi connectivity index (χ3n) is 7.69. The Morgan fingerprint density at radius 3 is 2.20 bits per heavy atom. The first-order valence-electron chi connectivity index (χ1n) is 15.1. The zero-order valence-corrected chi connectivity index (χ0v) is 25.5. The van der Waals surface area contributed by atoms with E-state index in [1.165, 1.54) is 11.0 Å². The summed E-state index contributed by atoms with van der Waals surface area (Å²) in [5.74, 6) is -1.68. The molecule has 1 unspecified atom stereocenters. The SMILES string of the molecule is CCOC(=O)CCC(NC(=O)c1cc(OC2(C(=O)OCC)CCC2)c2ccccc2n1)C(=O)N1CCN(C(=O)OCC)CC1. The van der Waals surface area contributed by atoms with Crippen molar-refractivity contribution in [2.24, 2.45) is 0 Å². The molecule has 1 aliphatic carbocycles. The van der Waals surface area contributed by atoms with Crippen LogP contribution < -0.4 is 10.1 Å². The van der Waals surface area contributed by atoms with Crippen LogP contribution in [-0.2, 0) is 28.6 Å². The maximum absolute atomic E-state index is 13.6. The van der Waals surface area contributed by atoms with Crippen LogP contribution in [0.1, 0.15) is 63.4 Å². The van der Waals surface area contributed by atoms with E-state index < -0.39 is 35.6 Å². The third kappa shape index (κ3) is 7.56. The smallest absolute Gasteiger partial charge is 0.409 e. The monoisotopic (exact) mass is 612 g/mol. The number of hydrogen-bond donors (Lipinski definition) is 1. The summed E-state index contributed by atoms with van der Waals surface area (Å²) < 4.78 is 21.6. The van der Waals surface area contributed by atoms with Gasteiger partial charge in [0, 0.05) is 44.1 Å². The fraction of sp³-hybridized carbons (Fsp3) is 0.548. The van der Waals surface area contributed by atoms with Crippen LogP contribution in [0.5, 0.6) is 5.75 Å². The number of nitrogens with one attached hydrogen (secondary N) is 1. The lowest BCUT2D eigenvalue weighted by atomic mass is 9.80. The lowest BCUT2D eigenvalue weighted by Gasteiger charge is -2.39. The molecule has 0 spiro atoms. The molecule has 1 saturated heterocycles. The lowest BCUT2D eigenvalue weighted by molar-refractivity contribution is -0.169. The molecule has 2 aromatic rings. The molecule has 1 N–H and O–H groups in total. The van der Waals surface area contributed by atoms with Crippen LogP contribution in [0.3, 0.4) is 0 Å². The zero-order chi connectivity index (χ0) is 31.7. The van der Waals surface area contributed by atoms with Crippen molar-refractivity contribution >= 4 is 40.7 Å². The maximum atomic E-state index is 13.6. The largest absolute Gasteiger partial charge is 0.475 e. The summed E-state index contributed by atoms with van der Waals surface area (Å²) in [7, 11) is 0. The van der Waals surface area contributed by atoms with Crippen LogP contribution in [0.25, 0.3) is 10.9 Å². The summed E-state index contributed by atoms with van der Waals surface area (Å²) in [6.45, 7) is 6.83. The molecule has 13 nitrogen and oxygen atoms in total. The number of ether oxygens (including phenoxy) is 4. The number of aromatic nitrogens is 1. The second-order valence-electron chi connectivity index (χ2n) is 10.6. The fourth-order valence-electron chi connectivity index (χ4n) is 5.19. The van der Waals surface area contributed by atoms with Crippen molar-refractivity contribution in [1.82, 2.24) is 20.1 Å². The van der Waals surface area contributed by atoms with Crippen LogP contribution in [0.15, 0.2) is 30.3 Å². The Labute approximate surface area is 256 Å². The predicted molar refractivity (Wildman–Crippen MR) is 158 cm³/mol. The Morgan fingerprint density at radius 2 is 1.57 bits per heavy atom. The van der Waals surface area contributed by atoms with E-state index in [4.69, 9.17) is 18.9 Å². The minimum Gasteiger partial charge on any atom is -0.475 e. The van der Waals surface area contributed by atoms with E-state index in [2.05, 4.69) is 10.3 Å². The molecule has 1 saturated carbocycles. The van der Waals surface area contributed by atoms with Crippen molar-refractivity contribution in [3.63, 3.8) is 0 Å². The summed E-state index contributed by atoms with van der Waals surface area (Å²) in [5, 5.41) is 3.37. The summed E-state index contributed by atoms with van der Waals surface area (Å²) in [6.07, 6.45) is 1.24. The predicted octanol–water partition coefficient (Wildman–Crippen LogP) is 2.84. The van der Waals surface area contributed by atoms with Gasteiger partial charge in [0.2, 0.25) is 11.5 Å². The zero-order valence-electron chi connectivity index (χ0n) is 25.5. The van der Waals surface area contributed by atoms with Crippen LogP contribution in [0, 0.1) is 0 Å². The molecule has 13 heteroatoms. The van der Waals surface area contributed by atoms with Crippen molar-refractivity contribution in [3.05, 3.63) is 36.0 Å². The minimum atomic E-state index is -1.14. The number of carbonyl (C=O) groups excluding carboxylic acids is 5. The Kier molecular flexibility index (Phi) is 11.0. The molecule has 2 aliphatic rings. The topological polar surface area (TPSA) is 154 Å². The number of esters is 2. The second kappa shape index (κ2) is 14.8. The number of carbonyl (C=O) groups is 5.